The van der Waals surface area contributed by atoms with Gasteiger partial charge in [0.2, 0.25) is 0 Å². The van der Waals surface area contributed by atoms with Gasteiger partial charge in [0.25, 0.3) is 0 Å². The largest absolute Gasteiger partial charge is 0.497 e. The van der Waals surface area contributed by atoms with Gasteiger partial charge in [-0.25, -0.2) is 0 Å². The maximum atomic E-state index is 12.4. The molecule has 0 atom stereocenters. The number of hydrogen-bond acceptors (Lipinski definition) is 3. The maximum absolute atomic E-state index is 12.4. The van der Waals surface area contributed by atoms with Crippen molar-refractivity contribution in [1.82, 2.24) is 0 Å². The zero-order valence-corrected chi connectivity index (χ0v) is 11.4. The molecule has 0 saturated carbocycles. The summed E-state index contributed by atoms with van der Waals surface area (Å²) in [7, 11) is 3.08. The van der Waals surface area contributed by atoms with Crippen LogP contribution in [0.1, 0.15) is 15.9 Å². The van der Waals surface area contributed by atoms with Crippen LogP contribution in [0, 0.1) is 0 Å². The van der Waals surface area contributed by atoms with E-state index >= 15 is 0 Å². The quantitative estimate of drug-likeness (QED) is 0.801. The lowest BCUT2D eigenvalue weighted by Crippen LogP contribution is -2.04. The smallest absolute Gasteiger partial charge is 0.198 e. The average Bonchev–Trinajstić information content (AvgIpc) is 2.46. The van der Waals surface area contributed by atoms with E-state index in [-0.39, 0.29) is 5.78 Å². The number of methoxy groups -OCH3 is 2. The standard InChI is InChI=1S/C15H13ClO3/c1-18-10-7-8-11(13(16)9-10)15(17)12-5-3-4-6-14(12)19-2/h3-9H,1-2H3. The molecule has 3 nitrogen and oxygen atoms in total. The van der Waals surface area contributed by atoms with E-state index in [1.54, 1.807) is 43.5 Å². The predicted molar refractivity (Wildman–Crippen MR) is 74.4 cm³/mol. The monoisotopic (exact) mass is 276 g/mol. The number of carbonyl (C=O) groups is 1. The Kier molecular flexibility index (Phi) is 4.07. The Morgan fingerprint density at radius 1 is 1.00 bits per heavy atom. The molecule has 0 fully saturated rings. The Bertz CT molecular complexity index is 608. The third kappa shape index (κ3) is 2.71. The highest BCUT2D eigenvalue weighted by Gasteiger charge is 2.17. The summed E-state index contributed by atoms with van der Waals surface area (Å²) < 4.78 is 10.2. The van der Waals surface area contributed by atoms with Gasteiger partial charge in [0.1, 0.15) is 11.5 Å². The molecule has 2 aromatic carbocycles. The molecule has 0 heterocycles. The van der Waals surface area contributed by atoms with E-state index in [1.807, 2.05) is 6.07 Å². The van der Waals surface area contributed by atoms with Gasteiger partial charge in [-0.05, 0) is 30.3 Å². The molecule has 19 heavy (non-hydrogen) atoms. The predicted octanol–water partition coefficient (Wildman–Crippen LogP) is 3.59. The van der Waals surface area contributed by atoms with Crippen molar-refractivity contribution in [2.24, 2.45) is 0 Å². The number of carbonyl (C=O) groups excluding carboxylic acids is 1. The van der Waals surface area contributed by atoms with Crippen LogP contribution in [0.15, 0.2) is 42.5 Å². The fourth-order valence-electron chi connectivity index (χ4n) is 1.78. The maximum Gasteiger partial charge on any atom is 0.198 e. The van der Waals surface area contributed by atoms with E-state index < -0.39 is 0 Å². The fraction of sp³-hybridized carbons (Fsp3) is 0.133. The molecule has 0 radical (unpaired) electrons. The molecular formula is C15H13ClO3. The van der Waals surface area contributed by atoms with Crippen molar-refractivity contribution in [3.8, 4) is 11.5 Å². The third-order valence-electron chi connectivity index (χ3n) is 2.77. The summed E-state index contributed by atoms with van der Waals surface area (Å²) in [6.45, 7) is 0. The molecule has 0 unspecified atom stereocenters. The lowest BCUT2D eigenvalue weighted by Gasteiger charge is -2.09. The van der Waals surface area contributed by atoms with Crippen molar-refractivity contribution in [2.45, 2.75) is 0 Å². The van der Waals surface area contributed by atoms with Crippen LogP contribution in [-0.4, -0.2) is 20.0 Å². The molecule has 0 N–H and O–H groups in total. The lowest BCUT2D eigenvalue weighted by molar-refractivity contribution is 0.103. The molecule has 0 aliphatic heterocycles. The van der Waals surface area contributed by atoms with E-state index in [4.69, 9.17) is 21.1 Å². The van der Waals surface area contributed by atoms with Gasteiger partial charge in [-0.1, -0.05) is 23.7 Å². The number of rotatable bonds is 4. The minimum atomic E-state index is -0.176. The Labute approximate surface area is 116 Å². The highest BCUT2D eigenvalue weighted by atomic mass is 35.5. The lowest BCUT2D eigenvalue weighted by atomic mass is 10.0. The fourth-order valence-corrected chi connectivity index (χ4v) is 2.04. The molecule has 0 bridgehead atoms. The first kappa shape index (κ1) is 13.4. The van der Waals surface area contributed by atoms with Crippen molar-refractivity contribution in [3.63, 3.8) is 0 Å². The van der Waals surface area contributed by atoms with E-state index in [2.05, 4.69) is 0 Å². The zero-order chi connectivity index (χ0) is 13.8. The van der Waals surface area contributed by atoms with E-state index in [0.29, 0.717) is 27.6 Å². The minimum Gasteiger partial charge on any atom is -0.497 e. The van der Waals surface area contributed by atoms with Crippen LogP contribution >= 0.6 is 11.6 Å². The normalized spacial score (nSPS) is 10.1. The van der Waals surface area contributed by atoms with Gasteiger partial charge in [-0.15, -0.1) is 0 Å². The van der Waals surface area contributed by atoms with Crippen LogP contribution in [0.25, 0.3) is 0 Å². The van der Waals surface area contributed by atoms with Gasteiger partial charge in [0, 0.05) is 5.56 Å². The Hall–Kier alpha value is -2.00. The van der Waals surface area contributed by atoms with Crippen molar-refractivity contribution in [3.05, 3.63) is 58.6 Å². The van der Waals surface area contributed by atoms with Gasteiger partial charge in [0.15, 0.2) is 5.78 Å². The number of ether oxygens (including phenoxy) is 2. The second-order valence-electron chi connectivity index (χ2n) is 3.88. The highest BCUT2D eigenvalue weighted by molar-refractivity contribution is 6.35. The summed E-state index contributed by atoms with van der Waals surface area (Å²) in [6, 6.07) is 12.0. The van der Waals surface area contributed by atoms with E-state index in [1.165, 1.54) is 7.11 Å². The molecule has 2 aromatic rings. The van der Waals surface area contributed by atoms with Crippen molar-refractivity contribution in [2.75, 3.05) is 14.2 Å². The second-order valence-corrected chi connectivity index (χ2v) is 4.28. The van der Waals surface area contributed by atoms with Crippen LogP contribution in [0.3, 0.4) is 0 Å². The molecule has 98 valence electrons. The van der Waals surface area contributed by atoms with E-state index in [9.17, 15) is 4.79 Å². The molecule has 2 rings (SSSR count). The molecule has 4 heteroatoms. The average molecular weight is 277 g/mol. The number of benzene rings is 2. The van der Waals surface area contributed by atoms with Gasteiger partial charge >= 0.3 is 0 Å². The molecule has 0 spiro atoms. The third-order valence-corrected chi connectivity index (χ3v) is 3.09. The Morgan fingerprint density at radius 2 is 1.74 bits per heavy atom. The summed E-state index contributed by atoms with van der Waals surface area (Å²) in [4.78, 5) is 12.4. The Balaban J connectivity index is 2.44. The molecule has 0 saturated heterocycles. The molecule has 0 aromatic heterocycles. The van der Waals surface area contributed by atoms with E-state index in [0.717, 1.165) is 0 Å². The number of ketones is 1. The van der Waals surface area contributed by atoms with Gasteiger partial charge in [-0.3, -0.25) is 4.79 Å². The molecule has 0 aliphatic carbocycles. The van der Waals surface area contributed by atoms with Crippen molar-refractivity contribution < 1.29 is 14.3 Å². The minimum absolute atomic E-state index is 0.176. The molecular weight excluding hydrogens is 264 g/mol. The van der Waals surface area contributed by atoms with Crippen LogP contribution in [0.2, 0.25) is 5.02 Å². The summed E-state index contributed by atoms with van der Waals surface area (Å²) >= 11 is 6.11. The highest BCUT2D eigenvalue weighted by Crippen LogP contribution is 2.27. The van der Waals surface area contributed by atoms with Gasteiger partial charge < -0.3 is 9.47 Å². The number of halogens is 1. The SMILES string of the molecule is COc1ccc(C(=O)c2ccccc2OC)c(Cl)c1. The first-order valence-electron chi connectivity index (χ1n) is 5.68. The topological polar surface area (TPSA) is 35.5 Å². The van der Waals surface area contributed by atoms with Crippen LogP contribution < -0.4 is 9.47 Å². The summed E-state index contributed by atoms with van der Waals surface area (Å²) in [5.41, 5.74) is 0.907. The summed E-state index contributed by atoms with van der Waals surface area (Å²) in [6.07, 6.45) is 0. The van der Waals surface area contributed by atoms with Crippen molar-refractivity contribution in [1.29, 1.82) is 0 Å². The zero-order valence-electron chi connectivity index (χ0n) is 10.6. The van der Waals surface area contributed by atoms with Gasteiger partial charge in [0.05, 0.1) is 24.8 Å². The van der Waals surface area contributed by atoms with Crippen molar-refractivity contribution >= 4 is 17.4 Å². The first-order valence-corrected chi connectivity index (χ1v) is 6.06. The first-order chi connectivity index (χ1) is 9.17. The van der Waals surface area contributed by atoms with Crippen LogP contribution in [-0.2, 0) is 0 Å². The summed E-state index contributed by atoms with van der Waals surface area (Å²) in [5, 5.41) is 0.357. The second kappa shape index (κ2) is 5.76. The molecule has 0 amide bonds. The number of hydrogen-bond donors (Lipinski definition) is 0. The van der Waals surface area contributed by atoms with Crippen LogP contribution in [0.4, 0.5) is 0 Å². The molecule has 0 aliphatic rings. The Morgan fingerprint density at radius 3 is 2.37 bits per heavy atom. The summed E-state index contributed by atoms with van der Waals surface area (Å²) in [5.74, 6) is 0.964. The number of para-hydroxylation sites is 1. The van der Waals surface area contributed by atoms with Gasteiger partial charge in [-0.2, -0.15) is 0 Å². The van der Waals surface area contributed by atoms with Crippen LogP contribution in [0.5, 0.6) is 11.5 Å².